The highest BCUT2D eigenvalue weighted by Crippen LogP contribution is 2.18. The van der Waals surface area contributed by atoms with Gasteiger partial charge >= 0.3 is 0 Å². The number of likely N-dealkylation sites (N-methyl/N-ethyl adjacent to an activating group) is 1. The zero-order valence-electron chi connectivity index (χ0n) is 10.9. The molecular formula is C12H20N2O3S. The lowest BCUT2D eigenvalue weighted by Gasteiger charge is -2.20. The van der Waals surface area contributed by atoms with E-state index in [1.165, 1.54) is 7.05 Å². The summed E-state index contributed by atoms with van der Waals surface area (Å²) in [6.45, 7) is 3.81. The molecule has 1 aromatic rings. The number of rotatable bonds is 5. The van der Waals surface area contributed by atoms with Crippen molar-refractivity contribution in [2.24, 2.45) is 5.73 Å². The van der Waals surface area contributed by atoms with Crippen LogP contribution in [0.15, 0.2) is 23.1 Å². The van der Waals surface area contributed by atoms with Crippen molar-refractivity contribution in [3.8, 4) is 0 Å². The van der Waals surface area contributed by atoms with Crippen molar-refractivity contribution in [2.75, 3.05) is 20.1 Å². The average Bonchev–Trinajstić information content (AvgIpc) is 2.32. The monoisotopic (exact) mass is 272 g/mol. The Hall–Kier alpha value is -0.950. The van der Waals surface area contributed by atoms with Crippen LogP contribution in [0.5, 0.6) is 0 Å². The molecule has 0 radical (unpaired) electrons. The van der Waals surface area contributed by atoms with Gasteiger partial charge in [0, 0.05) is 20.1 Å². The average molecular weight is 272 g/mol. The van der Waals surface area contributed by atoms with Crippen LogP contribution >= 0.6 is 0 Å². The Balaban J connectivity index is 3.02. The molecule has 6 heteroatoms. The number of aryl methyl sites for hydroxylation is 2. The van der Waals surface area contributed by atoms with Gasteiger partial charge in [-0.15, -0.1) is 0 Å². The van der Waals surface area contributed by atoms with Gasteiger partial charge in [0.1, 0.15) is 0 Å². The highest BCUT2D eigenvalue weighted by molar-refractivity contribution is 7.89. The highest BCUT2D eigenvalue weighted by Gasteiger charge is 2.22. The molecule has 1 aromatic carbocycles. The summed E-state index contributed by atoms with van der Waals surface area (Å²) in [6.07, 6.45) is -0.851. The van der Waals surface area contributed by atoms with Crippen LogP contribution in [0.2, 0.25) is 0 Å². The van der Waals surface area contributed by atoms with Crippen molar-refractivity contribution in [3.05, 3.63) is 29.3 Å². The van der Waals surface area contributed by atoms with Crippen LogP contribution in [0.4, 0.5) is 0 Å². The molecule has 0 bridgehead atoms. The summed E-state index contributed by atoms with van der Waals surface area (Å²) >= 11 is 0. The van der Waals surface area contributed by atoms with E-state index >= 15 is 0 Å². The maximum Gasteiger partial charge on any atom is 0.242 e. The molecule has 0 amide bonds. The van der Waals surface area contributed by atoms with Crippen LogP contribution in [0, 0.1) is 13.8 Å². The van der Waals surface area contributed by atoms with Crippen LogP contribution in [-0.2, 0) is 10.0 Å². The Morgan fingerprint density at radius 2 is 1.94 bits per heavy atom. The Morgan fingerprint density at radius 3 is 2.44 bits per heavy atom. The predicted molar refractivity (Wildman–Crippen MR) is 70.8 cm³/mol. The number of sulfonamides is 1. The van der Waals surface area contributed by atoms with Crippen molar-refractivity contribution in [1.82, 2.24) is 4.31 Å². The number of nitrogens with zero attached hydrogens (tertiary/aromatic N) is 1. The third kappa shape index (κ3) is 3.29. The van der Waals surface area contributed by atoms with Crippen LogP contribution < -0.4 is 5.73 Å². The van der Waals surface area contributed by atoms with Gasteiger partial charge in [-0.3, -0.25) is 0 Å². The van der Waals surface area contributed by atoms with Gasteiger partial charge in [-0.25, -0.2) is 8.42 Å². The quantitative estimate of drug-likeness (QED) is 0.804. The molecule has 0 heterocycles. The molecule has 0 saturated heterocycles. The number of nitrogens with two attached hydrogens (primary N) is 1. The molecule has 102 valence electrons. The second-order valence-electron chi connectivity index (χ2n) is 4.42. The lowest BCUT2D eigenvalue weighted by atomic mass is 10.1. The van der Waals surface area contributed by atoms with Gasteiger partial charge in [-0.2, -0.15) is 4.31 Å². The third-order valence-electron chi connectivity index (χ3n) is 2.93. The summed E-state index contributed by atoms with van der Waals surface area (Å²) in [5.41, 5.74) is 7.24. The molecule has 0 saturated carbocycles. The van der Waals surface area contributed by atoms with Crippen LogP contribution in [0.25, 0.3) is 0 Å². The molecule has 0 aliphatic heterocycles. The lowest BCUT2D eigenvalue weighted by molar-refractivity contribution is 0.160. The smallest absolute Gasteiger partial charge is 0.242 e. The Morgan fingerprint density at radius 1 is 1.33 bits per heavy atom. The Kier molecular flexibility index (Phi) is 4.86. The topological polar surface area (TPSA) is 83.6 Å². The van der Waals surface area contributed by atoms with Crippen molar-refractivity contribution < 1.29 is 13.5 Å². The minimum atomic E-state index is -3.57. The fourth-order valence-electron chi connectivity index (χ4n) is 1.52. The van der Waals surface area contributed by atoms with E-state index < -0.39 is 16.1 Å². The molecule has 0 unspecified atom stereocenters. The Bertz CT molecular complexity index is 514. The van der Waals surface area contributed by atoms with Crippen molar-refractivity contribution >= 4 is 10.0 Å². The molecule has 0 spiro atoms. The maximum absolute atomic E-state index is 12.2. The van der Waals surface area contributed by atoms with Gasteiger partial charge in [0.25, 0.3) is 0 Å². The first-order valence-corrected chi connectivity index (χ1v) is 7.14. The number of benzene rings is 1. The van der Waals surface area contributed by atoms with Crippen molar-refractivity contribution in [1.29, 1.82) is 0 Å². The fourth-order valence-corrected chi connectivity index (χ4v) is 2.82. The molecule has 5 nitrogen and oxygen atoms in total. The zero-order chi connectivity index (χ0) is 13.9. The maximum atomic E-state index is 12.2. The summed E-state index contributed by atoms with van der Waals surface area (Å²) < 4.78 is 25.6. The first-order chi connectivity index (χ1) is 8.28. The van der Waals surface area contributed by atoms with E-state index in [1.54, 1.807) is 18.2 Å². The lowest BCUT2D eigenvalue weighted by Crippen LogP contribution is -2.37. The molecule has 0 fully saturated rings. The summed E-state index contributed by atoms with van der Waals surface area (Å²) in [7, 11) is -2.13. The standard InChI is InChI=1S/C12H20N2O3S/c1-9-4-5-12(6-10(9)2)18(16,17)14(3)8-11(15)7-13/h4-6,11,15H,7-8,13H2,1-3H3/t11-/m1/s1. The molecule has 3 N–H and O–H groups in total. The first-order valence-electron chi connectivity index (χ1n) is 5.70. The minimum Gasteiger partial charge on any atom is -0.390 e. The third-order valence-corrected chi connectivity index (χ3v) is 4.75. The Labute approximate surface area is 108 Å². The molecule has 1 atom stereocenters. The van der Waals surface area contributed by atoms with Crippen LogP contribution in [-0.4, -0.2) is 44.1 Å². The van der Waals surface area contributed by atoms with E-state index in [-0.39, 0.29) is 18.0 Å². The number of aliphatic hydroxyl groups excluding tert-OH is 1. The van der Waals surface area contributed by atoms with Gasteiger partial charge in [0.2, 0.25) is 10.0 Å². The van der Waals surface area contributed by atoms with E-state index in [2.05, 4.69) is 0 Å². The molecule has 0 aliphatic carbocycles. The summed E-state index contributed by atoms with van der Waals surface area (Å²) in [6, 6.07) is 4.98. The molecule has 1 rings (SSSR count). The van der Waals surface area contributed by atoms with E-state index in [0.717, 1.165) is 15.4 Å². The van der Waals surface area contributed by atoms with Crippen LogP contribution in [0.1, 0.15) is 11.1 Å². The van der Waals surface area contributed by atoms with Gasteiger partial charge in [0.15, 0.2) is 0 Å². The molecular weight excluding hydrogens is 252 g/mol. The molecule has 0 aliphatic rings. The molecule has 0 aromatic heterocycles. The summed E-state index contributed by atoms with van der Waals surface area (Å²) in [5.74, 6) is 0. The normalized spacial score (nSPS) is 13.9. The number of hydrogen-bond donors (Lipinski definition) is 2. The van der Waals surface area contributed by atoms with Gasteiger partial charge in [0.05, 0.1) is 11.0 Å². The zero-order valence-corrected chi connectivity index (χ0v) is 11.7. The van der Waals surface area contributed by atoms with Gasteiger partial charge in [-0.05, 0) is 37.1 Å². The van der Waals surface area contributed by atoms with Crippen molar-refractivity contribution in [2.45, 2.75) is 24.8 Å². The van der Waals surface area contributed by atoms with Gasteiger partial charge in [-0.1, -0.05) is 6.07 Å². The highest BCUT2D eigenvalue weighted by atomic mass is 32.2. The van der Waals surface area contributed by atoms with E-state index in [0.29, 0.717) is 0 Å². The second kappa shape index (κ2) is 5.79. The first kappa shape index (κ1) is 15.1. The summed E-state index contributed by atoms with van der Waals surface area (Å²) in [4.78, 5) is 0.234. The largest absolute Gasteiger partial charge is 0.390 e. The SMILES string of the molecule is Cc1ccc(S(=O)(=O)N(C)C[C@H](O)CN)cc1C. The number of aliphatic hydroxyl groups is 1. The van der Waals surface area contributed by atoms with E-state index in [1.807, 2.05) is 13.8 Å². The molecule has 18 heavy (non-hydrogen) atoms. The second-order valence-corrected chi connectivity index (χ2v) is 6.47. The van der Waals surface area contributed by atoms with Crippen LogP contribution in [0.3, 0.4) is 0 Å². The number of hydrogen-bond acceptors (Lipinski definition) is 4. The van der Waals surface area contributed by atoms with Gasteiger partial charge < -0.3 is 10.8 Å². The van der Waals surface area contributed by atoms with E-state index in [9.17, 15) is 13.5 Å². The van der Waals surface area contributed by atoms with Crippen molar-refractivity contribution in [3.63, 3.8) is 0 Å². The summed E-state index contributed by atoms with van der Waals surface area (Å²) in [5, 5.41) is 9.41. The van der Waals surface area contributed by atoms with E-state index in [4.69, 9.17) is 5.73 Å². The predicted octanol–water partition coefficient (Wildman–Crippen LogP) is 0.244. The fraction of sp³-hybridized carbons (Fsp3) is 0.500. The minimum absolute atomic E-state index is 0.00818.